The van der Waals surface area contributed by atoms with Crippen LogP contribution < -0.4 is 5.56 Å². The summed E-state index contributed by atoms with van der Waals surface area (Å²) < 4.78 is 7.51. The quantitative estimate of drug-likeness (QED) is 0.473. The third-order valence-electron chi connectivity index (χ3n) is 5.23. The topological polar surface area (TPSA) is 66.9 Å². The Balaban J connectivity index is 1.18. The van der Waals surface area contributed by atoms with E-state index in [1.165, 1.54) is 11.3 Å². The maximum atomic E-state index is 12.2. The number of oxazole rings is 1. The van der Waals surface area contributed by atoms with Gasteiger partial charge in [-0.2, -0.15) is 0 Å². The Kier molecular flexibility index (Phi) is 5.39. The second kappa shape index (κ2) is 8.31. The number of rotatable bonds is 5. The Bertz CT molecular complexity index is 1230. The van der Waals surface area contributed by atoms with Crippen molar-refractivity contribution in [1.82, 2.24) is 24.2 Å². The lowest BCUT2D eigenvalue weighted by molar-refractivity contribution is 0.114. The highest BCUT2D eigenvalue weighted by atomic mass is 35.5. The second-order valence-electron chi connectivity index (χ2n) is 7.32. The van der Waals surface area contributed by atoms with Gasteiger partial charge in [-0.3, -0.25) is 19.0 Å². The number of halogens is 1. The first-order valence-corrected chi connectivity index (χ1v) is 11.0. The molecule has 4 aromatic rings. The van der Waals surface area contributed by atoms with E-state index in [9.17, 15) is 4.79 Å². The van der Waals surface area contributed by atoms with Crippen molar-refractivity contribution in [1.29, 1.82) is 0 Å². The average Bonchev–Trinajstić information content (AvgIpc) is 3.39. The van der Waals surface area contributed by atoms with Crippen molar-refractivity contribution in [3.8, 4) is 11.3 Å². The zero-order chi connectivity index (χ0) is 20.5. The van der Waals surface area contributed by atoms with Gasteiger partial charge < -0.3 is 4.42 Å². The molecule has 3 aromatic heterocycles. The summed E-state index contributed by atoms with van der Waals surface area (Å²) >= 11 is 7.54. The molecule has 7 nitrogen and oxygen atoms in total. The molecule has 1 aliphatic heterocycles. The lowest BCUT2D eigenvalue weighted by Crippen LogP contribution is -2.45. The van der Waals surface area contributed by atoms with Crippen LogP contribution in [-0.4, -0.2) is 50.3 Å². The summed E-state index contributed by atoms with van der Waals surface area (Å²) in [5.74, 6) is 1.43. The van der Waals surface area contributed by atoms with Crippen molar-refractivity contribution < 1.29 is 4.42 Å². The van der Waals surface area contributed by atoms with E-state index in [0.29, 0.717) is 24.0 Å². The highest BCUT2D eigenvalue weighted by Crippen LogP contribution is 2.24. The fourth-order valence-electron chi connectivity index (χ4n) is 3.65. The van der Waals surface area contributed by atoms with Crippen LogP contribution in [-0.2, 0) is 13.1 Å². The SMILES string of the molecule is O=c1cc(CN2CCN(Cc3ncc(-c4cccc(Cl)c4)o3)CC2)nc2sccn12. The number of hydrogen-bond acceptors (Lipinski definition) is 7. The molecule has 1 fully saturated rings. The van der Waals surface area contributed by atoms with Crippen LogP contribution in [0.5, 0.6) is 0 Å². The third-order valence-corrected chi connectivity index (χ3v) is 6.22. The molecule has 0 unspecified atom stereocenters. The van der Waals surface area contributed by atoms with Crippen LogP contribution in [0.4, 0.5) is 0 Å². The number of hydrogen-bond donors (Lipinski definition) is 0. The van der Waals surface area contributed by atoms with Crippen LogP contribution in [0, 0.1) is 0 Å². The van der Waals surface area contributed by atoms with E-state index in [4.69, 9.17) is 16.0 Å². The zero-order valence-electron chi connectivity index (χ0n) is 16.2. The maximum Gasteiger partial charge on any atom is 0.258 e. The lowest BCUT2D eigenvalue weighted by atomic mass is 10.2. The first kappa shape index (κ1) is 19.4. The fraction of sp³-hybridized carbons (Fsp3) is 0.286. The summed E-state index contributed by atoms with van der Waals surface area (Å²) in [6, 6.07) is 9.21. The molecule has 1 aliphatic rings. The van der Waals surface area contributed by atoms with Crippen LogP contribution in [0.1, 0.15) is 11.6 Å². The van der Waals surface area contributed by atoms with Gasteiger partial charge in [-0.05, 0) is 12.1 Å². The molecule has 154 valence electrons. The molecule has 0 N–H and O–H groups in total. The minimum Gasteiger partial charge on any atom is -0.439 e. The number of piperazine rings is 1. The van der Waals surface area contributed by atoms with Crippen molar-refractivity contribution in [3.05, 3.63) is 75.1 Å². The summed E-state index contributed by atoms with van der Waals surface area (Å²) in [4.78, 5) is 26.6. The van der Waals surface area contributed by atoms with Crippen LogP contribution >= 0.6 is 22.9 Å². The van der Waals surface area contributed by atoms with E-state index >= 15 is 0 Å². The van der Waals surface area contributed by atoms with E-state index in [0.717, 1.165) is 48.2 Å². The van der Waals surface area contributed by atoms with Crippen molar-refractivity contribution in [2.75, 3.05) is 26.2 Å². The normalized spacial score (nSPS) is 15.8. The number of aromatic nitrogens is 3. The Morgan fingerprint density at radius 3 is 2.70 bits per heavy atom. The van der Waals surface area contributed by atoms with Gasteiger partial charge in [0.05, 0.1) is 18.4 Å². The molecule has 0 aliphatic carbocycles. The third kappa shape index (κ3) is 4.17. The highest BCUT2D eigenvalue weighted by Gasteiger charge is 2.20. The molecule has 0 spiro atoms. The summed E-state index contributed by atoms with van der Waals surface area (Å²) in [5, 5.41) is 2.56. The molecule has 1 aromatic carbocycles. The first-order chi connectivity index (χ1) is 14.6. The van der Waals surface area contributed by atoms with Gasteiger partial charge in [0.2, 0.25) is 5.89 Å². The standard InChI is InChI=1S/C21H20ClN5O2S/c22-16-3-1-2-15(10-16)18-12-23-19(29-18)14-26-6-4-25(5-7-26)13-17-11-20(28)27-8-9-30-21(27)24-17/h1-3,8-12H,4-7,13-14H2. The molecule has 5 rings (SSSR count). The van der Waals surface area contributed by atoms with Gasteiger partial charge in [0.1, 0.15) is 0 Å². The average molecular weight is 442 g/mol. The van der Waals surface area contributed by atoms with Gasteiger partial charge >= 0.3 is 0 Å². The minimum atomic E-state index is -0.0192. The van der Waals surface area contributed by atoms with Crippen LogP contribution in [0.25, 0.3) is 16.3 Å². The van der Waals surface area contributed by atoms with Gasteiger partial charge in [-0.1, -0.05) is 23.7 Å². The van der Waals surface area contributed by atoms with Crippen LogP contribution in [0.2, 0.25) is 5.02 Å². The Morgan fingerprint density at radius 1 is 1.10 bits per heavy atom. The molecular weight excluding hydrogens is 422 g/mol. The van der Waals surface area contributed by atoms with Gasteiger partial charge in [0.25, 0.3) is 5.56 Å². The van der Waals surface area contributed by atoms with E-state index in [1.807, 2.05) is 29.6 Å². The van der Waals surface area contributed by atoms with Gasteiger partial charge in [0, 0.05) is 61.0 Å². The van der Waals surface area contributed by atoms with Crippen molar-refractivity contribution in [3.63, 3.8) is 0 Å². The molecule has 0 saturated carbocycles. The molecule has 1 saturated heterocycles. The monoisotopic (exact) mass is 441 g/mol. The lowest BCUT2D eigenvalue weighted by Gasteiger charge is -2.33. The molecule has 0 bridgehead atoms. The molecule has 4 heterocycles. The number of nitrogens with zero attached hydrogens (tertiary/aromatic N) is 5. The fourth-order valence-corrected chi connectivity index (χ4v) is 4.58. The van der Waals surface area contributed by atoms with E-state index in [1.54, 1.807) is 22.9 Å². The summed E-state index contributed by atoms with van der Waals surface area (Å²) in [5.41, 5.74) is 1.74. The van der Waals surface area contributed by atoms with Crippen molar-refractivity contribution >= 4 is 27.9 Å². The zero-order valence-corrected chi connectivity index (χ0v) is 17.8. The molecule has 0 radical (unpaired) electrons. The van der Waals surface area contributed by atoms with Crippen LogP contribution in [0.3, 0.4) is 0 Å². The summed E-state index contributed by atoms with van der Waals surface area (Å²) in [7, 11) is 0. The predicted octanol–water partition coefficient (Wildman–Crippen LogP) is 3.38. The smallest absolute Gasteiger partial charge is 0.258 e. The van der Waals surface area contributed by atoms with Crippen molar-refractivity contribution in [2.45, 2.75) is 13.1 Å². The number of benzene rings is 1. The van der Waals surface area contributed by atoms with Gasteiger partial charge in [-0.25, -0.2) is 9.97 Å². The highest BCUT2D eigenvalue weighted by molar-refractivity contribution is 7.15. The summed E-state index contributed by atoms with van der Waals surface area (Å²) in [6.07, 6.45) is 3.51. The maximum absolute atomic E-state index is 12.2. The first-order valence-electron chi connectivity index (χ1n) is 9.75. The van der Waals surface area contributed by atoms with Gasteiger partial charge in [0.15, 0.2) is 10.7 Å². The van der Waals surface area contributed by atoms with E-state index in [-0.39, 0.29) is 5.56 Å². The molecule has 0 amide bonds. The molecular formula is C21H20ClN5O2S. The molecule has 9 heteroatoms. The number of thiazole rings is 1. The second-order valence-corrected chi connectivity index (χ2v) is 8.63. The Morgan fingerprint density at radius 2 is 1.90 bits per heavy atom. The Labute approximate surface area is 182 Å². The van der Waals surface area contributed by atoms with Crippen LogP contribution in [0.15, 0.2) is 57.3 Å². The van der Waals surface area contributed by atoms with E-state index < -0.39 is 0 Å². The molecule has 30 heavy (non-hydrogen) atoms. The number of fused-ring (bicyclic) bond motifs is 1. The predicted molar refractivity (Wildman–Crippen MR) is 117 cm³/mol. The van der Waals surface area contributed by atoms with Crippen molar-refractivity contribution in [2.24, 2.45) is 0 Å². The summed E-state index contributed by atoms with van der Waals surface area (Å²) in [6.45, 7) is 5.01. The molecule has 0 atom stereocenters. The minimum absolute atomic E-state index is 0.0192. The largest absolute Gasteiger partial charge is 0.439 e. The Hall–Kier alpha value is -2.52. The van der Waals surface area contributed by atoms with E-state index in [2.05, 4.69) is 19.8 Å². The van der Waals surface area contributed by atoms with Gasteiger partial charge in [-0.15, -0.1) is 11.3 Å².